The van der Waals surface area contributed by atoms with Crippen molar-refractivity contribution in [2.24, 2.45) is 29.0 Å². The standard InChI is InChI=1S/C20H27N3O3/c1-26-16-4-2-15(3-5-16)18(24)22-17(19(25)23-21)20-9-12-6-13(10-20)8-14(7-12)11-20/h2-5,12-14,17H,6-11,21H2,1H3,(H,22,24)(H,23,25)/t12?,13?,14?,17-,20?/m0/s1. The molecule has 4 aliphatic carbocycles. The summed E-state index contributed by atoms with van der Waals surface area (Å²) < 4.78 is 5.14. The van der Waals surface area contributed by atoms with Gasteiger partial charge in [0.25, 0.3) is 11.8 Å². The Morgan fingerprint density at radius 2 is 1.62 bits per heavy atom. The summed E-state index contributed by atoms with van der Waals surface area (Å²) in [6.07, 6.45) is 6.88. The van der Waals surface area contributed by atoms with E-state index in [0.29, 0.717) is 29.1 Å². The number of methoxy groups -OCH3 is 1. The number of nitrogens with one attached hydrogen (secondary N) is 2. The molecule has 4 aliphatic rings. The molecule has 2 amide bonds. The summed E-state index contributed by atoms with van der Waals surface area (Å²) in [5.74, 6) is 7.71. The quantitative estimate of drug-likeness (QED) is 0.427. The average molecular weight is 357 g/mol. The molecular formula is C20H27N3O3. The average Bonchev–Trinajstić information content (AvgIpc) is 2.64. The molecule has 140 valence electrons. The molecule has 0 unspecified atom stereocenters. The van der Waals surface area contributed by atoms with Crippen LogP contribution < -0.4 is 21.3 Å². The zero-order valence-corrected chi connectivity index (χ0v) is 15.2. The molecule has 1 atom stereocenters. The van der Waals surface area contributed by atoms with Crippen molar-refractivity contribution in [1.29, 1.82) is 0 Å². The zero-order chi connectivity index (χ0) is 18.3. The monoisotopic (exact) mass is 357 g/mol. The summed E-state index contributed by atoms with van der Waals surface area (Å²) in [5, 5.41) is 3.01. The van der Waals surface area contributed by atoms with Crippen molar-refractivity contribution >= 4 is 11.8 Å². The highest BCUT2D eigenvalue weighted by Crippen LogP contribution is 2.61. The Morgan fingerprint density at radius 3 is 2.08 bits per heavy atom. The third-order valence-electron chi connectivity index (χ3n) is 6.73. The van der Waals surface area contributed by atoms with Gasteiger partial charge in [-0.05, 0) is 80.5 Å². The van der Waals surface area contributed by atoms with Gasteiger partial charge in [-0.25, -0.2) is 5.84 Å². The van der Waals surface area contributed by atoms with E-state index in [0.717, 1.165) is 19.3 Å². The summed E-state index contributed by atoms with van der Waals surface area (Å²) in [4.78, 5) is 25.4. The van der Waals surface area contributed by atoms with Gasteiger partial charge in [0, 0.05) is 11.0 Å². The fourth-order valence-electron chi connectivity index (χ4n) is 6.07. The first-order valence-corrected chi connectivity index (χ1v) is 9.48. The molecular weight excluding hydrogens is 330 g/mol. The predicted molar refractivity (Wildman–Crippen MR) is 97.2 cm³/mol. The van der Waals surface area contributed by atoms with Crippen LogP contribution in [0.25, 0.3) is 0 Å². The van der Waals surface area contributed by atoms with Gasteiger partial charge in [-0.3, -0.25) is 15.0 Å². The van der Waals surface area contributed by atoms with Crippen molar-refractivity contribution in [2.45, 2.75) is 44.6 Å². The van der Waals surface area contributed by atoms with Crippen molar-refractivity contribution in [1.82, 2.24) is 10.7 Å². The maximum Gasteiger partial charge on any atom is 0.257 e. The highest BCUT2D eigenvalue weighted by Gasteiger charge is 2.56. The molecule has 0 radical (unpaired) electrons. The van der Waals surface area contributed by atoms with Crippen molar-refractivity contribution in [3.05, 3.63) is 29.8 Å². The summed E-state index contributed by atoms with van der Waals surface area (Å²) in [6.45, 7) is 0. The Kier molecular flexibility index (Phi) is 4.39. The second kappa shape index (κ2) is 6.58. The van der Waals surface area contributed by atoms with Gasteiger partial charge >= 0.3 is 0 Å². The SMILES string of the molecule is COc1ccc(C(=O)N[C@@H](C(=O)NN)C23CC4CC(CC(C4)C2)C3)cc1. The van der Waals surface area contributed by atoms with Crippen LogP contribution in [0.1, 0.15) is 48.9 Å². The molecule has 5 rings (SSSR count). The molecule has 1 aromatic carbocycles. The molecule has 1 aromatic rings. The minimum Gasteiger partial charge on any atom is -0.497 e. The summed E-state index contributed by atoms with van der Waals surface area (Å²) in [6, 6.07) is 6.35. The van der Waals surface area contributed by atoms with Crippen LogP contribution in [-0.2, 0) is 4.79 Å². The van der Waals surface area contributed by atoms with Crippen molar-refractivity contribution in [2.75, 3.05) is 7.11 Å². The van der Waals surface area contributed by atoms with Crippen LogP contribution in [0.2, 0.25) is 0 Å². The molecule has 4 N–H and O–H groups in total. The van der Waals surface area contributed by atoms with Gasteiger partial charge < -0.3 is 10.1 Å². The van der Waals surface area contributed by atoms with E-state index in [1.807, 2.05) is 0 Å². The van der Waals surface area contributed by atoms with Crippen LogP contribution in [0.15, 0.2) is 24.3 Å². The third kappa shape index (κ3) is 2.96. The van der Waals surface area contributed by atoms with Crippen LogP contribution in [0, 0.1) is 23.2 Å². The van der Waals surface area contributed by atoms with E-state index >= 15 is 0 Å². The van der Waals surface area contributed by atoms with Gasteiger partial charge in [0.2, 0.25) is 0 Å². The number of hydrogen-bond donors (Lipinski definition) is 3. The number of amides is 2. The van der Waals surface area contributed by atoms with Crippen molar-refractivity contribution in [3.63, 3.8) is 0 Å². The lowest BCUT2D eigenvalue weighted by Crippen LogP contribution is -2.62. The topological polar surface area (TPSA) is 93.4 Å². The minimum atomic E-state index is -0.574. The first-order chi connectivity index (χ1) is 12.5. The third-order valence-corrected chi connectivity index (χ3v) is 6.73. The number of benzene rings is 1. The lowest BCUT2D eigenvalue weighted by molar-refractivity contribution is -0.134. The number of nitrogens with two attached hydrogens (primary N) is 1. The summed E-state index contributed by atoms with van der Waals surface area (Å²) in [5.41, 5.74) is 2.66. The van der Waals surface area contributed by atoms with Gasteiger partial charge in [-0.15, -0.1) is 0 Å². The molecule has 0 saturated heterocycles. The minimum absolute atomic E-state index is 0.152. The number of rotatable bonds is 5. The van der Waals surface area contributed by atoms with Crippen LogP contribution in [0.5, 0.6) is 5.75 Å². The predicted octanol–water partition coefficient (Wildman–Crippen LogP) is 2.00. The maximum absolute atomic E-state index is 12.8. The lowest BCUT2D eigenvalue weighted by atomic mass is 9.47. The molecule has 4 fully saturated rings. The molecule has 0 aliphatic heterocycles. The highest BCUT2D eigenvalue weighted by molar-refractivity contribution is 5.97. The van der Waals surface area contributed by atoms with Crippen LogP contribution in [0.4, 0.5) is 0 Å². The van der Waals surface area contributed by atoms with E-state index in [9.17, 15) is 9.59 Å². The van der Waals surface area contributed by atoms with Gasteiger partial charge in [0.05, 0.1) is 7.11 Å². The summed E-state index contributed by atoms with van der Waals surface area (Å²) in [7, 11) is 1.59. The first kappa shape index (κ1) is 17.3. The normalized spacial score (nSPS) is 32.8. The number of hydrazine groups is 1. The molecule has 0 aromatic heterocycles. The fourth-order valence-corrected chi connectivity index (χ4v) is 6.07. The fraction of sp³-hybridized carbons (Fsp3) is 0.600. The summed E-state index contributed by atoms with van der Waals surface area (Å²) >= 11 is 0. The van der Waals surface area contributed by atoms with E-state index in [4.69, 9.17) is 10.6 Å². The maximum atomic E-state index is 12.8. The Balaban J connectivity index is 1.57. The molecule has 0 spiro atoms. The largest absolute Gasteiger partial charge is 0.497 e. The smallest absolute Gasteiger partial charge is 0.257 e. The lowest BCUT2D eigenvalue weighted by Gasteiger charge is -2.58. The molecule has 26 heavy (non-hydrogen) atoms. The molecule has 4 bridgehead atoms. The molecule has 0 heterocycles. The van der Waals surface area contributed by atoms with Gasteiger partial charge in [0.15, 0.2) is 0 Å². The Morgan fingerprint density at radius 1 is 1.08 bits per heavy atom. The molecule has 6 heteroatoms. The van der Waals surface area contributed by atoms with Gasteiger partial charge in [0.1, 0.15) is 11.8 Å². The molecule has 6 nitrogen and oxygen atoms in total. The molecule has 4 saturated carbocycles. The highest BCUT2D eigenvalue weighted by atomic mass is 16.5. The van der Waals surface area contributed by atoms with Crippen LogP contribution >= 0.6 is 0 Å². The first-order valence-electron chi connectivity index (χ1n) is 9.48. The van der Waals surface area contributed by atoms with Crippen molar-refractivity contribution < 1.29 is 14.3 Å². The Hall–Kier alpha value is -2.08. The zero-order valence-electron chi connectivity index (χ0n) is 15.2. The van der Waals surface area contributed by atoms with E-state index in [-0.39, 0.29) is 17.2 Å². The Bertz CT molecular complexity index is 665. The van der Waals surface area contributed by atoms with E-state index < -0.39 is 6.04 Å². The van der Waals surface area contributed by atoms with Crippen LogP contribution in [0.3, 0.4) is 0 Å². The number of carbonyl (C=O) groups excluding carboxylic acids is 2. The van der Waals surface area contributed by atoms with Gasteiger partial charge in [-0.1, -0.05) is 0 Å². The number of ether oxygens (including phenoxy) is 1. The number of carbonyl (C=O) groups is 2. The van der Waals surface area contributed by atoms with Crippen molar-refractivity contribution in [3.8, 4) is 5.75 Å². The second-order valence-corrected chi connectivity index (χ2v) is 8.42. The van der Waals surface area contributed by atoms with E-state index in [2.05, 4.69) is 10.7 Å². The van der Waals surface area contributed by atoms with Gasteiger partial charge in [-0.2, -0.15) is 0 Å². The Labute approximate surface area is 153 Å². The second-order valence-electron chi connectivity index (χ2n) is 8.42. The van der Waals surface area contributed by atoms with E-state index in [1.54, 1.807) is 31.4 Å². The number of hydrogen-bond acceptors (Lipinski definition) is 4. The van der Waals surface area contributed by atoms with E-state index in [1.165, 1.54) is 19.3 Å². The van der Waals surface area contributed by atoms with Crippen LogP contribution in [-0.4, -0.2) is 25.0 Å².